The molecule has 6 aliphatic rings. The molecule has 4 N–H and O–H groups in total. The molecule has 304 valence electrons. The number of hydrogen-bond donors (Lipinski definition) is 4. The third-order valence-corrected chi connectivity index (χ3v) is 13.8. The van der Waals surface area contributed by atoms with Crippen molar-refractivity contribution in [1.82, 2.24) is 25.5 Å². The molecule has 4 fully saturated rings. The molecule has 11 nitrogen and oxygen atoms in total. The number of methoxy groups -OCH3 is 1. The summed E-state index contributed by atoms with van der Waals surface area (Å²) in [4.78, 5) is 38.7. The average Bonchev–Trinajstić information content (AvgIpc) is 3.49. The number of carbonyl (C=O) groups excluding carboxylic acids is 2. The van der Waals surface area contributed by atoms with Gasteiger partial charge in [0.2, 0.25) is 5.91 Å². The summed E-state index contributed by atoms with van der Waals surface area (Å²) < 4.78 is 6.20. The molecule has 1 saturated heterocycles. The number of aliphatic hydroxyl groups excluding tert-OH is 2. The number of rotatable bonds is 16. The number of nitrogens with zero attached hydrogens (tertiary/aromatic N) is 3. The molecule has 0 aromatic heterocycles. The van der Waals surface area contributed by atoms with Crippen LogP contribution in [0, 0.1) is 46.8 Å². The van der Waals surface area contributed by atoms with Crippen LogP contribution >= 0.6 is 11.6 Å². The average molecular weight is 774 g/mol. The normalized spacial score (nSPS) is 35.0. The van der Waals surface area contributed by atoms with Gasteiger partial charge in [-0.2, -0.15) is 5.06 Å². The number of fused-ring (bicyclic) bond motifs is 2. The molecule has 3 unspecified atom stereocenters. The number of nitrogens with one attached hydrogen (secondary N) is 2. The predicted octanol–water partition coefficient (Wildman–Crippen LogP) is 4.33. The standard InChI is InChI=1S/C42H68ClN5O6/c1-24(2)14-31(21-46(6)7)44-40(51)29-15-28(16-32(17-29)47(8)9)33-13-11-12-27(39(33)53-10)20-48-38(37(26(4)50)36(22-49)54-48)41(52)45-35-19-30-18-34(25(35)3)42(30,5)23-43/h11-12,15,17,24-26,28,30-31,33-38,49-50H,13-14,16,18-23H2,1-10H3,(H,44,51)(H,45,52)/t25-,26-,28?,30+,31-,33?,34-,35-,36-,37+,38-,42?/m0/s1. The van der Waals surface area contributed by atoms with E-state index in [1.165, 1.54) is 0 Å². The Labute approximate surface area is 329 Å². The van der Waals surface area contributed by atoms with Crippen LogP contribution in [0.25, 0.3) is 0 Å². The van der Waals surface area contributed by atoms with Crippen molar-refractivity contribution >= 4 is 23.4 Å². The first kappa shape index (κ1) is 42.7. The van der Waals surface area contributed by atoms with Crippen molar-refractivity contribution in [3.63, 3.8) is 0 Å². The number of aliphatic hydroxyl groups is 2. The van der Waals surface area contributed by atoms with Crippen molar-refractivity contribution in [2.24, 2.45) is 46.8 Å². The second-order valence-electron chi connectivity index (χ2n) is 18.0. The van der Waals surface area contributed by atoms with Gasteiger partial charge < -0.3 is 35.4 Å². The van der Waals surface area contributed by atoms with Gasteiger partial charge in [0.25, 0.3) is 5.91 Å². The topological polar surface area (TPSA) is 127 Å². The summed E-state index contributed by atoms with van der Waals surface area (Å²) in [6.07, 6.45) is 11.0. The van der Waals surface area contributed by atoms with Crippen LogP contribution in [0.2, 0.25) is 0 Å². The van der Waals surface area contributed by atoms with Crippen molar-refractivity contribution in [3.8, 4) is 0 Å². The number of likely N-dealkylation sites (N-methyl/N-ethyl adjacent to an activating group) is 1. The summed E-state index contributed by atoms with van der Waals surface area (Å²) in [5, 5.41) is 29.7. The zero-order chi connectivity index (χ0) is 39.6. The fourth-order valence-electron chi connectivity index (χ4n) is 10.2. The maximum absolute atomic E-state index is 14.3. The molecular formula is C42H68ClN5O6. The third-order valence-electron chi connectivity index (χ3n) is 13.2. The molecule has 5 aliphatic carbocycles. The Bertz CT molecular complexity index is 1470. The van der Waals surface area contributed by atoms with Crippen LogP contribution < -0.4 is 10.6 Å². The molecule has 2 bridgehead atoms. The molecule has 0 radical (unpaired) electrons. The molecular weight excluding hydrogens is 706 g/mol. The summed E-state index contributed by atoms with van der Waals surface area (Å²) in [5.41, 5.74) is 2.69. The van der Waals surface area contributed by atoms with Gasteiger partial charge in [0.15, 0.2) is 0 Å². The lowest BCUT2D eigenvalue weighted by molar-refractivity contribution is -0.173. The number of carbonyl (C=O) groups is 2. The predicted molar refractivity (Wildman–Crippen MR) is 213 cm³/mol. The number of halogens is 1. The van der Waals surface area contributed by atoms with Crippen LogP contribution in [-0.4, -0.2) is 128 Å². The highest BCUT2D eigenvalue weighted by Gasteiger charge is 2.59. The summed E-state index contributed by atoms with van der Waals surface area (Å²) in [7, 11) is 9.75. The Kier molecular flexibility index (Phi) is 14.1. The van der Waals surface area contributed by atoms with E-state index in [1.54, 1.807) is 19.1 Å². The summed E-state index contributed by atoms with van der Waals surface area (Å²) in [6, 6.07) is -0.789. The third kappa shape index (κ3) is 8.92. The number of amides is 2. The van der Waals surface area contributed by atoms with E-state index in [9.17, 15) is 19.8 Å². The lowest BCUT2D eigenvalue weighted by Gasteiger charge is -2.62. The maximum Gasteiger partial charge on any atom is 0.251 e. The molecule has 3 saturated carbocycles. The smallest absolute Gasteiger partial charge is 0.251 e. The van der Waals surface area contributed by atoms with Gasteiger partial charge in [-0.25, -0.2) is 0 Å². The van der Waals surface area contributed by atoms with Crippen LogP contribution in [0.3, 0.4) is 0 Å². The largest absolute Gasteiger partial charge is 0.500 e. The van der Waals surface area contributed by atoms with Crippen molar-refractivity contribution in [2.75, 3.05) is 60.9 Å². The molecule has 6 rings (SSSR count). The Morgan fingerprint density at radius 2 is 1.91 bits per heavy atom. The van der Waals surface area contributed by atoms with Gasteiger partial charge in [-0.3, -0.25) is 14.4 Å². The highest BCUT2D eigenvalue weighted by Crippen LogP contribution is 2.62. The van der Waals surface area contributed by atoms with Gasteiger partial charge >= 0.3 is 0 Å². The van der Waals surface area contributed by atoms with E-state index in [0.29, 0.717) is 29.2 Å². The Balaban J connectivity index is 1.39. The first-order chi connectivity index (χ1) is 25.5. The van der Waals surface area contributed by atoms with E-state index >= 15 is 0 Å². The van der Waals surface area contributed by atoms with Crippen molar-refractivity contribution in [3.05, 3.63) is 46.9 Å². The molecule has 12 atom stereocenters. The van der Waals surface area contributed by atoms with E-state index in [-0.39, 0.29) is 60.2 Å². The van der Waals surface area contributed by atoms with Crippen molar-refractivity contribution in [1.29, 1.82) is 0 Å². The zero-order valence-electron chi connectivity index (χ0n) is 34.3. The number of hydrogen-bond acceptors (Lipinski definition) is 9. The molecule has 0 aromatic carbocycles. The SMILES string of the molecule is COC1=C(CN2O[C@@H](CO)[C@@H]([C@H](C)O)[C@H]2C(=O)N[C@H]2C[C@H]3C[C@@H]([C@@H]2C)C3(C)CCl)C=CCC1C1C=C(C(=O)N[C@@H](CC(C)C)CN(C)C)C=C(N(C)C)C1. The highest BCUT2D eigenvalue weighted by atomic mass is 35.5. The van der Waals surface area contributed by atoms with Crippen LogP contribution in [0.1, 0.15) is 66.7 Å². The number of allylic oxidation sites excluding steroid dienone is 4. The summed E-state index contributed by atoms with van der Waals surface area (Å²) in [6.45, 7) is 11.2. The van der Waals surface area contributed by atoms with Gasteiger partial charge in [-0.05, 0) is 94.2 Å². The fourth-order valence-corrected chi connectivity index (χ4v) is 10.6. The summed E-state index contributed by atoms with van der Waals surface area (Å²) in [5.74, 6) is 2.07. The minimum Gasteiger partial charge on any atom is -0.500 e. The van der Waals surface area contributed by atoms with E-state index in [0.717, 1.165) is 55.7 Å². The monoisotopic (exact) mass is 773 g/mol. The molecule has 0 aromatic rings. The Morgan fingerprint density at radius 3 is 2.48 bits per heavy atom. The van der Waals surface area contributed by atoms with Gasteiger partial charge in [0, 0.05) is 67.3 Å². The van der Waals surface area contributed by atoms with Crippen molar-refractivity contribution in [2.45, 2.75) is 97.1 Å². The fraction of sp³-hybridized carbons (Fsp3) is 0.762. The van der Waals surface area contributed by atoms with Crippen molar-refractivity contribution < 1.29 is 29.4 Å². The van der Waals surface area contributed by atoms with E-state index < -0.39 is 24.2 Å². The Hall–Kier alpha value is -2.41. The maximum atomic E-state index is 14.3. The molecule has 1 aliphatic heterocycles. The molecule has 2 amide bonds. The van der Waals surface area contributed by atoms with Gasteiger partial charge in [-0.1, -0.05) is 45.9 Å². The van der Waals surface area contributed by atoms with Crippen LogP contribution in [0.15, 0.2) is 46.9 Å². The van der Waals surface area contributed by atoms with Gasteiger partial charge in [-0.15, -0.1) is 11.6 Å². The van der Waals surface area contributed by atoms with Crippen LogP contribution in [-0.2, 0) is 19.2 Å². The minimum atomic E-state index is -0.892. The molecule has 1 heterocycles. The molecule has 0 spiro atoms. The van der Waals surface area contributed by atoms with E-state index in [4.69, 9.17) is 21.2 Å². The zero-order valence-corrected chi connectivity index (χ0v) is 35.1. The number of alkyl halides is 1. The molecule has 12 heteroatoms. The van der Waals surface area contributed by atoms with Crippen LogP contribution in [0.4, 0.5) is 0 Å². The minimum absolute atomic E-state index is 0.00175. The highest BCUT2D eigenvalue weighted by molar-refractivity contribution is 6.18. The second kappa shape index (κ2) is 17.8. The number of hydroxylamine groups is 2. The lowest BCUT2D eigenvalue weighted by atomic mass is 9.44. The summed E-state index contributed by atoms with van der Waals surface area (Å²) >= 11 is 6.43. The first-order valence-corrected chi connectivity index (χ1v) is 20.6. The van der Waals surface area contributed by atoms with Gasteiger partial charge in [0.1, 0.15) is 17.9 Å². The van der Waals surface area contributed by atoms with E-state index in [2.05, 4.69) is 60.3 Å². The Morgan fingerprint density at radius 1 is 1.19 bits per heavy atom. The van der Waals surface area contributed by atoms with Crippen LogP contribution in [0.5, 0.6) is 0 Å². The molecule has 54 heavy (non-hydrogen) atoms. The quantitative estimate of drug-likeness (QED) is 0.170. The van der Waals surface area contributed by atoms with Gasteiger partial charge in [0.05, 0.1) is 26.4 Å². The van der Waals surface area contributed by atoms with E-state index in [1.807, 2.05) is 40.3 Å². The lowest BCUT2D eigenvalue weighted by Crippen LogP contribution is -2.64. The second-order valence-corrected chi connectivity index (χ2v) is 18.2. The first-order valence-electron chi connectivity index (χ1n) is 20.1. The number of ether oxygens (including phenoxy) is 1.